The first-order valence-corrected chi connectivity index (χ1v) is 16.3. The van der Waals surface area contributed by atoms with Crippen molar-refractivity contribution >= 4 is 69.3 Å². The van der Waals surface area contributed by atoms with E-state index in [4.69, 9.17) is 11.6 Å². The summed E-state index contributed by atoms with van der Waals surface area (Å²) >= 11 is 8.79. The number of halogens is 2. The van der Waals surface area contributed by atoms with Crippen molar-refractivity contribution < 1.29 is 18.8 Å². The van der Waals surface area contributed by atoms with Crippen molar-refractivity contribution in [1.29, 1.82) is 0 Å². The zero-order valence-corrected chi connectivity index (χ0v) is 26.9. The van der Waals surface area contributed by atoms with E-state index < -0.39 is 17.1 Å². The molecule has 1 aromatic heterocycles. The van der Waals surface area contributed by atoms with Crippen LogP contribution in [0.4, 0.5) is 15.2 Å². The van der Waals surface area contributed by atoms with Crippen molar-refractivity contribution in [1.82, 2.24) is 10.3 Å². The van der Waals surface area contributed by atoms with Gasteiger partial charge in [-0.1, -0.05) is 54.9 Å². The molecule has 0 saturated heterocycles. The van der Waals surface area contributed by atoms with Crippen molar-refractivity contribution in [3.05, 3.63) is 136 Å². The van der Waals surface area contributed by atoms with Gasteiger partial charge in [0.1, 0.15) is 11.5 Å². The predicted octanol–water partition coefficient (Wildman–Crippen LogP) is 8.52. The highest BCUT2D eigenvalue weighted by Crippen LogP contribution is 2.30. The molecule has 5 aromatic rings. The third-order valence-corrected chi connectivity index (χ3v) is 8.95. The van der Waals surface area contributed by atoms with Crippen molar-refractivity contribution in [2.24, 2.45) is 0 Å². The second-order valence-corrected chi connectivity index (χ2v) is 12.5. The topological polar surface area (TPSA) is 100 Å². The molecule has 46 heavy (non-hydrogen) atoms. The number of thiazole rings is 1. The van der Waals surface area contributed by atoms with Crippen molar-refractivity contribution in [3.8, 4) is 11.3 Å². The van der Waals surface area contributed by atoms with Crippen LogP contribution in [0.5, 0.6) is 0 Å². The maximum atomic E-state index is 13.5. The Morgan fingerprint density at radius 3 is 2.43 bits per heavy atom. The molecule has 5 rings (SSSR count). The van der Waals surface area contributed by atoms with Gasteiger partial charge in [-0.25, -0.2) is 9.37 Å². The van der Waals surface area contributed by atoms with E-state index in [2.05, 4.69) is 20.9 Å². The molecule has 0 aliphatic carbocycles. The fourth-order valence-corrected chi connectivity index (χ4v) is 6.24. The fraction of sp³-hybridized carbons (Fsp3) is 0.0857. The average Bonchev–Trinajstić information content (AvgIpc) is 3.52. The van der Waals surface area contributed by atoms with Crippen LogP contribution >= 0.6 is 34.7 Å². The smallest absolute Gasteiger partial charge is 0.272 e. The SMILES string of the molecule is CCC(Sc1cccc(NC(=O)/C(=C/c2cccc(Cl)c2)NC(=O)c2ccccc2)c1)C(=O)Nc1nc(-c2ccc(F)cc2)cs1. The number of hydrogen-bond acceptors (Lipinski definition) is 6. The Hall–Kier alpha value is -4.77. The van der Waals surface area contributed by atoms with Crippen LogP contribution in [0.25, 0.3) is 17.3 Å². The normalized spacial score (nSPS) is 11.8. The van der Waals surface area contributed by atoms with Gasteiger partial charge in [-0.15, -0.1) is 23.1 Å². The maximum absolute atomic E-state index is 13.5. The Bertz CT molecular complexity index is 1880. The number of thioether (sulfide) groups is 1. The minimum atomic E-state index is -0.531. The summed E-state index contributed by atoms with van der Waals surface area (Å²) in [5, 5.41) is 10.8. The van der Waals surface area contributed by atoms with Crippen LogP contribution in [0.1, 0.15) is 29.3 Å². The van der Waals surface area contributed by atoms with Gasteiger partial charge in [0.25, 0.3) is 11.8 Å². The molecule has 0 aliphatic rings. The van der Waals surface area contributed by atoms with Gasteiger partial charge < -0.3 is 16.0 Å². The summed E-state index contributed by atoms with van der Waals surface area (Å²) in [7, 11) is 0. The number of amides is 3. The summed E-state index contributed by atoms with van der Waals surface area (Å²) in [6.45, 7) is 1.91. The third kappa shape index (κ3) is 8.91. The molecule has 0 bridgehead atoms. The molecule has 0 spiro atoms. The van der Waals surface area contributed by atoms with Crippen molar-refractivity contribution in [3.63, 3.8) is 0 Å². The molecule has 232 valence electrons. The summed E-state index contributed by atoms with van der Waals surface area (Å²) in [6.07, 6.45) is 2.10. The monoisotopic (exact) mass is 670 g/mol. The molecule has 0 fully saturated rings. The Labute approximate surface area is 278 Å². The van der Waals surface area contributed by atoms with Gasteiger partial charge in [-0.2, -0.15) is 0 Å². The highest BCUT2D eigenvalue weighted by Gasteiger charge is 2.21. The summed E-state index contributed by atoms with van der Waals surface area (Å²) in [5.41, 5.74) is 2.96. The quantitative estimate of drug-likeness (QED) is 0.0966. The lowest BCUT2D eigenvalue weighted by atomic mass is 10.1. The predicted molar refractivity (Wildman–Crippen MR) is 184 cm³/mol. The number of anilines is 2. The lowest BCUT2D eigenvalue weighted by molar-refractivity contribution is -0.116. The Morgan fingerprint density at radius 1 is 0.935 bits per heavy atom. The largest absolute Gasteiger partial charge is 0.321 e. The summed E-state index contributed by atoms with van der Waals surface area (Å²) < 4.78 is 13.3. The molecule has 7 nitrogen and oxygen atoms in total. The Balaban J connectivity index is 1.27. The second kappa shape index (κ2) is 15.5. The number of aromatic nitrogens is 1. The van der Waals surface area contributed by atoms with E-state index in [0.717, 1.165) is 10.5 Å². The number of rotatable bonds is 11. The maximum Gasteiger partial charge on any atom is 0.272 e. The molecule has 1 heterocycles. The Kier molecular flexibility index (Phi) is 11.0. The van der Waals surface area contributed by atoms with Gasteiger partial charge in [-0.05, 0) is 84.8 Å². The van der Waals surface area contributed by atoms with Crippen LogP contribution in [0, 0.1) is 5.82 Å². The average molecular weight is 671 g/mol. The number of nitrogens with zero attached hydrogens (tertiary/aromatic N) is 1. The zero-order chi connectivity index (χ0) is 32.5. The van der Waals surface area contributed by atoms with E-state index >= 15 is 0 Å². The molecule has 0 radical (unpaired) electrons. The lowest BCUT2D eigenvalue weighted by Crippen LogP contribution is -2.30. The van der Waals surface area contributed by atoms with E-state index in [-0.39, 0.29) is 17.4 Å². The van der Waals surface area contributed by atoms with Crippen LogP contribution in [0.15, 0.2) is 119 Å². The van der Waals surface area contributed by atoms with Gasteiger partial charge in [-0.3, -0.25) is 14.4 Å². The molecule has 1 atom stereocenters. The van der Waals surface area contributed by atoms with Crippen LogP contribution in [-0.2, 0) is 9.59 Å². The molecule has 0 aliphatic heterocycles. The molecular formula is C35H28ClFN4O3S2. The van der Waals surface area contributed by atoms with Gasteiger partial charge in [0.15, 0.2) is 5.13 Å². The summed E-state index contributed by atoms with van der Waals surface area (Å²) in [6, 6.07) is 28.7. The van der Waals surface area contributed by atoms with Crippen LogP contribution < -0.4 is 16.0 Å². The second-order valence-electron chi connectivity index (χ2n) is 9.96. The number of carbonyl (C=O) groups excluding carboxylic acids is 3. The van der Waals surface area contributed by atoms with E-state index in [9.17, 15) is 18.8 Å². The standard InChI is InChI=1S/C35H28ClFN4O3S2/c1-2-31(34(44)41-35-40-30(21-45-35)23-14-16-26(37)17-15-23)46-28-13-7-12-27(20-28)38-33(43)29(19-22-8-6-11-25(36)18-22)39-32(42)24-9-4-3-5-10-24/h3-21,31H,2H2,1H3,(H,38,43)(H,39,42)(H,40,41,44)/b29-19-. The lowest BCUT2D eigenvalue weighted by Gasteiger charge is -2.15. The zero-order valence-electron chi connectivity index (χ0n) is 24.5. The van der Waals surface area contributed by atoms with Crippen LogP contribution in [0.2, 0.25) is 5.02 Å². The molecule has 11 heteroatoms. The first-order chi connectivity index (χ1) is 22.3. The molecule has 0 saturated carbocycles. The van der Waals surface area contributed by atoms with Gasteiger partial charge >= 0.3 is 0 Å². The number of carbonyl (C=O) groups is 3. The minimum absolute atomic E-state index is 0.0310. The van der Waals surface area contributed by atoms with Crippen LogP contribution in [0.3, 0.4) is 0 Å². The van der Waals surface area contributed by atoms with E-state index in [0.29, 0.717) is 39.1 Å². The number of hydrogen-bond donors (Lipinski definition) is 3. The molecular weight excluding hydrogens is 643 g/mol. The van der Waals surface area contributed by atoms with E-state index in [1.807, 2.05) is 13.0 Å². The minimum Gasteiger partial charge on any atom is -0.321 e. The van der Waals surface area contributed by atoms with Crippen molar-refractivity contribution in [2.45, 2.75) is 23.5 Å². The molecule has 3 amide bonds. The Morgan fingerprint density at radius 2 is 1.70 bits per heavy atom. The van der Waals surface area contributed by atoms with Gasteiger partial charge in [0, 0.05) is 32.1 Å². The first-order valence-electron chi connectivity index (χ1n) is 14.2. The molecule has 1 unspecified atom stereocenters. The fourth-order valence-electron chi connectivity index (χ4n) is 4.31. The number of benzene rings is 4. The van der Waals surface area contributed by atoms with Gasteiger partial charge in [0.05, 0.1) is 10.9 Å². The highest BCUT2D eigenvalue weighted by molar-refractivity contribution is 8.00. The first kappa shape index (κ1) is 32.6. The van der Waals surface area contributed by atoms with E-state index in [1.54, 1.807) is 96.4 Å². The van der Waals surface area contributed by atoms with Crippen LogP contribution in [-0.4, -0.2) is 28.0 Å². The third-order valence-electron chi connectivity index (χ3n) is 6.60. The van der Waals surface area contributed by atoms with Crippen molar-refractivity contribution in [2.75, 3.05) is 10.6 Å². The molecule has 3 N–H and O–H groups in total. The van der Waals surface area contributed by atoms with E-state index in [1.165, 1.54) is 35.2 Å². The molecule has 4 aromatic carbocycles. The van der Waals surface area contributed by atoms with Gasteiger partial charge in [0.2, 0.25) is 5.91 Å². The summed E-state index contributed by atoms with van der Waals surface area (Å²) in [5.74, 6) is -1.51. The highest BCUT2D eigenvalue weighted by atomic mass is 35.5. The summed E-state index contributed by atoms with van der Waals surface area (Å²) in [4.78, 5) is 44.8. The number of nitrogens with one attached hydrogen (secondary N) is 3.